The fourth-order valence-electron chi connectivity index (χ4n) is 4.28. The van der Waals surface area contributed by atoms with Gasteiger partial charge in [0.05, 0.1) is 18.7 Å². The van der Waals surface area contributed by atoms with Crippen molar-refractivity contribution in [3.05, 3.63) is 49.8 Å². The molecule has 0 bridgehead atoms. The number of aryl methyl sites for hydroxylation is 1. The van der Waals surface area contributed by atoms with Crippen molar-refractivity contribution in [1.29, 1.82) is 0 Å². The van der Waals surface area contributed by atoms with E-state index in [0.717, 1.165) is 63.1 Å². The largest absolute Gasteiger partial charge is 0.462 e. The molecule has 1 amide bonds. The molecule has 0 atom stereocenters. The number of carbonyl (C=O) groups excluding carboxylic acids is 2. The molecule has 1 aliphatic carbocycles. The van der Waals surface area contributed by atoms with E-state index in [-0.39, 0.29) is 11.9 Å². The molecule has 1 saturated heterocycles. The SMILES string of the molecule is CCOC(=O)c1c(NC(=O)CN2CCN(Cc3ccc(Cl)cc3Cl)CC2)sc2c1CCC2. The average Bonchev–Trinajstić information content (AvgIpc) is 3.32. The minimum absolute atomic E-state index is 0.0929. The molecule has 2 aliphatic rings. The number of amides is 1. The maximum atomic E-state index is 12.7. The Hall–Kier alpha value is -1.64. The molecular formula is C23H27Cl2N3O3S. The standard InChI is InChI=1S/C23H27Cl2N3O3S/c1-2-31-23(30)21-17-4-3-5-19(17)32-22(21)26-20(29)14-28-10-8-27(9-11-28)13-15-6-7-16(24)12-18(15)25/h6-7,12H,2-5,8-11,13-14H2,1H3,(H,26,29). The number of benzene rings is 1. The summed E-state index contributed by atoms with van der Waals surface area (Å²) in [5.74, 6) is -0.429. The molecule has 0 spiro atoms. The Morgan fingerprint density at radius 3 is 2.59 bits per heavy atom. The Bertz CT molecular complexity index is 1000. The van der Waals surface area contributed by atoms with Crippen LogP contribution < -0.4 is 5.32 Å². The maximum absolute atomic E-state index is 12.7. The number of hydrogen-bond donors (Lipinski definition) is 1. The Morgan fingerprint density at radius 1 is 1.12 bits per heavy atom. The Labute approximate surface area is 202 Å². The van der Waals surface area contributed by atoms with Crippen molar-refractivity contribution in [1.82, 2.24) is 9.80 Å². The molecule has 1 aliphatic heterocycles. The van der Waals surface area contributed by atoms with Gasteiger partial charge in [0.25, 0.3) is 0 Å². The molecule has 6 nitrogen and oxygen atoms in total. The van der Waals surface area contributed by atoms with E-state index < -0.39 is 0 Å². The second-order valence-electron chi connectivity index (χ2n) is 8.12. The van der Waals surface area contributed by atoms with Crippen LogP contribution >= 0.6 is 34.5 Å². The van der Waals surface area contributed by atoms with Crippen LogP contribution in [0.15, 0.2) is 18.2 Å². The van der Waals surface area contributed by atoms with E-state index >= 15 is 0 Å². The smallest absolute Gasteiger partial charge is 0.341 e. The van der Waals surface area contributed by atoms with Crippen LogP contribution in [-0.4, -0.2) is 61.0 Å². The highest BCUT2D eigenvalue weighted by molar-refractivity contribution is 7.17. The van der Waals surface area contributed by atoms with Crippen molar-refractivity contribution in [2.24, 2.45) is 0 Å². The molecule has 1 aromatic heterocycles. The molecule has 0 saturated carbocycles. The van der Waals surface area contributed by atoms with Crippen molar-refractivity contribution in [2.45, 2.75) is 32.7 Å². The first kappa shape index (κ1) is 23.5. The van der Waals surface area contributed by atoms with Gasteiger partial charge in [-0.25, -0.2) is 4.79 Å². The van der Waals surface area contributed by atoms with Gasteiger partial charge in [-0.3, -0.25) is 14.6 Å². The van der Waals surface area contributed by atoms with Gasteiger partial charge in [-0.05, 0) is 49.4 Å². The highest BCUT2D eigenvalue weighted by Crippen LogP contribution is 2.39. The number of nitrogens with zero attached hydrogens (tertiary/aromatic N) is 2. The van der Waals surface area contributed by atoms with Gasteiger partial charge in [0, 0.05) is 47.6 Å². The number of fused-ring (bicyclic) bond motifs is 1. The number of piperazine rings is 1. The molecule has 0 unspecified atom stereocenters. The van der Waals surface area contributed by atoms with Gasteiger partial charge in [0.2, 0.25) is 5.91 Å². The van der Waals surface area contributed by atoms with Gasteiger partial charge >= 0.3 is 5.97 Å². The topological polar surface area (TPSA) is 61.9 Å². The quantitative estimate of drug-likeness (QED) is 0.573. The molecule has 32 heavy (non-hydrogen) atoms. The van der Waals surface area contributed by atoms with Crippen LogP contribution in [0, 0.1) is 0 Å². The summed E-state index contributed by atoms with van der Waals surface area (Å²) in [5, 5.41) is 4.93. The number of ether oxygens (including phenoxy) is 1. The van der Waals surface area contributed by atoms with Crippen LogP contribution in [-0.2, 0) is 28.9 Å². The summed E-state index contributed by atoms with van der Waals surface area (Å²) in [5.41, 5.74) is 2.67. The second-order valence-corrected chi connectivity index (χ2v) is 10.1. The lowest BCUT2D eigenvalue weighted by Gasteiger charge is -2.34. The third kappa shape index (κ3) is 5.46. The number of hydrogen-bond acceptors (Lipinski definition) is 6. The number of esters is 1. The van der Waals surface area contributed by atoms with Gasteiger partial charge in [-0.1, -0.05) is 29.3 Å². The zero-order valence-electron chi connectivity index (χ0n) is 18.1. The number of carbonyl (C=O) groups is 2. The molecular weight excluding hydrogens is 469 g/mol. The summed E-state index contributed by atoms with van der Waals surface area (Å²) in [6, 6.07) is 5.59. The molecule has 1 aromatic carbocycles. The Morgan fingerprint density at radius 2 is 1.88 bits per heavy atom. The highest BCUT2D eigenvalue weighted by atomic mass is 35.5. The summed E-state index contributed by atoms with van der Waals surface area (Å²) in [4.78, 5) is 30.9. The average molecular weight is 496 g/mol. The number of rotatable bonds is 7. The number of nitrogens with one attached hydrogen (secondary N) is 1. The third-order valence-electron chi connectivity index (χ3n) is 5.89. The third-order valence-corrected chi connectivity index (χ3v) is 7.69. The Balaban J connectivity index is 1.31. The van der Waals surface area contributed by atoms with Gasteiger partial charge in [-0.2, -0.15) is 0 Å². The van der Waals surface area contributed by atoms with Gasteiger partial charge in [0.1, 0.15) is 5.00 Å². The molecule has 9 heteroatoms. The van der Waals surface area contributed by atoms with Crippen molar-refractivity contribution < 1.29 is 14.3 Å². The van der Waals surface area contributed by atoms with Crippen LogP contribution in [0.25, 0.3) is 0 Å². The van der Waals surface area contributed by atoms with Crippen LogP contribution in [0.2, 0.25) is 10.0 Å². The van der Waals surface area contributed by atoms with Gasteiger partial charge in [0.15, 0.2) is 0 Å². The first-order valence-electron chi connectivity index (χ1n) is 10.9. The van der Waals surface area contributed by atoms with E-state index in [0.29, 0.717) is 33.8 Å². The summed E-state index contributed by atoms with van der Waals surface area (Å²) in [7, 11) is 0. The molecule has 2 aromatic rings. The lowest BCUT2D eigenvalue weighted by atomic mass is 10.1. The summed E-state index contributed by atoms with van der Waals surface area (Å²) >= 11 is 13.8. The highest BCUT2D eigenvalue weighted by Gasteiger charge is 2.29. The van der Waals surface area contributed by atoms with Crippen molar-refractivity contribution in [3.8, 4) is 0 Å². The monoisotopic (exact) mass is 495 g/mol. The van der Waals surface area contributed by atoms with Crippen molar-refractivity contribution in [3.63, 3.8) is 0 Å². The number of thiophene rings is 1. The zero-order chi connectivity index (χ0) is 22.7. The van der Waals surface area contributed by atoms with E-state index in [9.17, 15) is 9.59 Å². The lowest BCUT2D eigenvalue weighted by molar-refractivity contribution is -0.117. The van der Waals surface area contributed by atoms with E-state index in [2.05, 4.69) is 15.1 Å². The van der Waals surface area contributed by atoms with Crippen LogP contribution in [0.5, 0.6) is 0 Å². The molecule has 0 radical (unpaired) electrons. The number of halogens is 2. The van der Waals surface area contributed by atoms with Gasteiger partial charge < -0.3 is 10.1 Å². The molecule has 172 valence electrons. The number of anilines is 1. The minimum atomic E-state index is -0.336. The summed E-state index contributed by atoms with van der Waals surface area (Å²) in [6.07, 6.45) is 2.88. The van der Waals surface area contributed by atoms with E-state index in [1.54, 1.807) is 13.0 Å². The summed E-state index contributed by atoms with van der Waals surface area (Å²) in [6.45, 7) is 6.49. The minimum Gasteiger partial charge on any atom is -0.462 e. The predicted molar refractivity (Wildman–Crippen MR) is 129 cm³/mol. The zero-order valence-corrected chi connectivity index (χ0v) is 20.4. The van der Waals surface area contributed by atoms with Crippen molar-refractivity contribution in [2.75, 3.05) is 44.6 Å². The lowest BCUT2D eigenvalue weighted by Crippen LogP contribution is -2.48. The van der Waals surface area contributed by atoms with E-state index in [4.69, 9.17) is 27.9 Å². The van der Waals surface area contributed by atoms with E-state index in [1.807, 2.05) is 12.1 Å². The maximum Gasteiger partial charge on any atom is 0.341 e. The van der Waals surface area contributed by atoms with Crippen molar-refractivity contribution >= 4 is 51.4 Å². The first-order valence-corrected chi connectivity index (χ1v) is 12.5. The van der Waals surface area contributed by atoms with Crippen LogP contribution in [0.1, 0.15) is 39.7 Å². The molecule has 1 N–H and O–H groups in total. The molecule has 2 heterocycles. The fraction of sp³-hybridized carbons (Fsp3) is 0.478. The molecule has 4 rings (SSSR count). The Kier molecular flexibility index (Phi) is 7.74. The fourth-order valence-corrected chi connectivity index (χ4v) is 6.04. The first-order chi connectivity index (χ1) is 15.4. The normalized spacial score (nSPS) is 16.7. The predicted octanol–water partition coefficient (Wildman–Crippen LogP) is 4.48. The van der Waals surface area contributed by atoms with E-state index in [1.165, 1.54) is 16.2 Å². The summed E-state index contributed by atoms with van der Waals surface area (Å²) < 4.78 is 5.24. The van der Waals surface area contributed by atoms with Gasteiger partial charge in [-0.15, -0.1) is 11.3 Å². The van der Waals surface area contributed by atoms with Crippen LogP contribution in [0.4, 0.5) is 5.00 Å². The second kappa shape index (κ2) is 10.5. The molecule has 1 fully saturated rings. The van der Waals surface area contributed by atoms with Crippen LogP contribution in [0.3, 0.4) is 0 Å².